The Balaban J connectivity index is 1.93. The van der Waals surface area contributed by atoms with Crippen LogP contribution in [-0.4, -0.2) is 54.8 Å². The van der Waals surface area contributed by atoms with Gasteiger partial charge in [0.25, 0.3) is 0 Å². The maximum Gasteiger partial charge on any atom is 0.248 e. The molecular formula is C13H19N3O3S. The number of hydrogen-bond acceptors (Lipinski definition) is 4. The van der Waals surface area contributed by atoms with Gasteiger partial charge in [-0.1, -0.05) is 0 Å². The van der Waals surface area contributed by atoms with E-state index in [1.165, 1.54) is 22.8 Å². The van der Waals surface area contributed by atoms with Crippen LogP contribution in [0, 0.1) is 0 Å². The molecule has 110 valence electrons. The molecule has 2 unspecified atom stereocenters. The Labute approximate surface area is 118 Å². The first kappa shape index (κ1) is 13.8. The van der Waals surface area contributed by atoms with Crippen LogP contribution in [0.25, 0.3) is 0 Å². The summed E-state index contributed by atoms with van der Waals surface area (Å²) < 4.78 is 26.7. The number of H-pyrrole nitrogens is 1. The highest BCUT2D eigenvalue weighted by Crippen LogP contribution is 2.30. The lowest BCUT2D eigenvalue weighted by Crippen LogP contribution is -2.40. The fourth-order valence-electron chi connectivity index (χ4n) is 3.24. The Morgan fingerprint density at radius 2 is 2.00 bits per heavy atom. The highest BCUT2D eigenvalue weighted by atomic mass is 32.2. The fourth-order valence-corrected chi connectivity index (χ4v) is 4.77. The van der Waals surface area contributed by atoms with Crippen LogP contribution in [0.3, 0.4) is 0 Å². The lowest BCUT2D eigenvalue weighted by atomic mass is 10.1. The summed E-state index contributed by atoms with van der Waals surface area (Å²) in [7, 11) is -1.64. The van der Waals surface area contributed by atoms with Crippen molar-refractivity contribution >= 4 is 10.0 Å². The molecule has 2 aliphatic rings. The van der Waals surface area contributed by atoms with Gasteiger partial charge < -0.3 is 4.98 Å². The quantitative estimate of drug-likeness (QED) is 0.848. The van der Waals surface area contributed by atoms with Gasteiger partial charge in [0.05, 0.1) is 0 Å². The smallest absolute Gasteiger partial charge is 0.248 e. The van der Waals surface area contributed by atoms with Crippen LogP contribution in [-0.2, 0) is 10.0 Å². The predicted molar refractivity (Wildman–Crippen MR) is 75.0 cm³/mol. The van der Waals surface area contributed by atoms with E-state index in [-0.39, 0.29) is 10.9 Å². The molecule has 1 N–H and O–H groups in total. The monoisotopic (exact) mass is 297 g/mol. The molecule has 0 aliphatic carbocycles. The average Bonchev–Trinajstić information content (AvgIpc) is 2.62. The molecule has 6 nitrogen and oxygen atoms in total. The molecule has 0 spiro atoms. The fraction of sp³-hybridized carbons (Fsp3) is 0.615. The summed E-state index contributed by atoms with van der Waals surface area (Å²) in [6, 6.07) is 1.98. The van der Waals surface area contributed by atoms with Crippen molar-refractivity contribution in [2.45, 2.75) is 36.2 Å². The zero-order valence-corrected chi connectivity index (χ0v) is 12.3. The van der Waals surface area contributed by atoms with Gasteiger partial charge >= 0.3 is 0 Å². The molecule has 2 saturated heterocycles. The second kappa shape index (κ2) is 4.98. The Bertz CT molecular complexity index is 655. The molecule has 0 saturated carbocycles. The first-order valence-corrected chi connectivity index (χ1v) is 8.33. The largest absolute Gasteiger partial charge is 0.366 e. The van der Waals surface area contributed by atoms with Crippen molar-refractivity contribution in [2.24, 2.45) is 0 Å². The first-order valence-electron chi connectivity index (χ1n) is 6.89. The van der Waals surface area contributed by atoms with E-state index in [2.05, 4.69) is 16.9 Å². The molecule has 2 fully saturated rings. The molecule has 7 heteroatoms. The van der Waals surface area contributed by atoms with Crippen molar-refractivity contribution < 1.29 is 8.42 Å². The van der Waals surface area contributed by atoms with E-state index in [1.807, 2.05) is 0 Å². The van der Waals surface area contributed by atoms with Crippen LogP contribution in [0.1, 0.15) is 19.3 Å². The van der Waals surface area contributed by atoms with Gasteiger partial charge in [-0.2, -0.15) is 4.31 Å². The van der Waals surface area contributed by atoms with Crippen molar-refractivity contribution in [1.29, 1.82) is 0 Å². The van der Waals surface area contributed by atoms with Crippen molar-refractivity contribution in [3.63, 3.8) is 0 Å². The molecule has 1 aromatic heterocycles. The Morgan fingerprint density at radius 3 is 2.75 bits per heavy atom. The van der Waals surface area contributed by atoms with Gasteiger partial charge in [-0.3, -0.25) is 9.69 Å². The van der Waals surface area contributed by atoms with Crippen LogP contribution in [0.15, 0.2) is 28.2 Å². The van der Waals surface area contributed by atoms with E-state index >= 15 is 0 Å². The van der Waals surface area contributed by atoms with Crippen molar-refractivity contribution in [3.8, 4) is 0 Å². The first-order chi connectivity index (χ1) is 9.50. The minimum atomic E-state index is -3.70. The van der Waals surface area contributed by atoms with Crippen molar-refractivity contribution in [1.82, 2.24) is 14.2 Å². The number of rotatable bonds is 2. The summed E-state index contributed by atoms with van der Waals surface area (Å²) in [5.41, 5.74) is -0.452. The minimum absolute atomic E-state index is 0.152. The third kappa shape index (κ3) is 2.19. The molecule has 2 atom stereocenters. The molecule has 0 radical (unpaired) electrons. The van der Waals surface area contributed by atoms with Gasteiger partial charge in [0.1, 0.15) is 4.90 Å². The number of nitrogens with zero attached hydrogens (tertiary/aromatic N) is 2. The second-order valence-corrected chi connectivity index (χ2v) is 7.48. The molecular weight excluding hydrogens is 278 g/mol. The highest BCUT2D eigenvalue weighted by Gasteiger charge is 2.39. The number of likely N-dealkylation sites (N-methyl/N-ethyl adjacent to an activating group) is 1. The number of aromatic nitrogens is 1. The molecule has 2 bridgehead atoms. The summed E-state index contributed by atoms with van der Waals surface area (Å²) in [6.45, 7) is 0.964. The summed E-state index contributed by atoms with van der Waals surface area (Å²) >= 11 is 0. The molecule has 0 aromatic carbocycles. The van der Waals surface area contributed by atoms with Crippen molar-refractivity contribution in [3.05, 3.63) is 28.7 Å². The van der Waals surface area contributed by atoms with Gasteiger partial charge in [-0.05, 0) is 26.3 Å². The van der Waals surface area contributed by atoms with E-state index in [4.69, 9.17) is 0 Å². The third-order valence-electron chi connectivity index (χ3n) is 4.52. The van der Waals surface area contributed by atoms with E-state index in [0.29, 0.717) is 19.1 Å². The topological polar surface area (TPSA) is 73.5 Å². The van der Waals surface area contributed by atoms with E-state index in [0.717, 1.165) is 19.3 Å². The lowest BCUT2D eigenvalue weighted by molar-refractivity contribution is 0.246. The zero-order valence-electron chi connectivity index (χ0n) is 11.4. The van der Waals surface area contributed by atoms with Crippen molar-refractivity contribution in [2.75, 3.05) is 20.1 Å². The number of fused-ring (bicyclic) bond motifs is 2. The van der Waals surface area contributed by atoms with Gasteiger partial charge in [-0.25, -0.2) is 8.42 Å². The third-order valence-corrected chi connectivity index (χ3v) is 6.40. The molecule has 1 aromatic rings. The molecule has 3 rings (SSSR count). The average molecular weight is 297 g/mol. The number of nitrogens with one attached hydrogen (secondary N) is 1. The van der Waals surface area contributed by atoms with Crippen LogP contribution < -0.4 is 5.43 Å². The number of sulfonamides is 1. The second-order valence-electron chi connectivity index (χ2n) is 5.58. The normalized spacial score (nSPS) is 28.4. The Kier molecular flexibility index (Phi) is 3.43. The number of aromatic amines is 1. The van der Waals surface area contributed by atoms with Crippen LogP contribution in [0.5, 0.6) is 0 Å². The van der Waals surface area contributed by atoms with Gasteiger partial charge in [-0.15, -0.1) is 0 Å². The van der Waals surface area contributed by atoms with Crippen LogP contribution >= 0.6 is 0 Å². The molecule has 3 heterocycles. The van der Waals surface area contributed by atoms with Gasteiger partial charge in [0.15, 0.2) is 0 Å². The van der Waals surface area contributed by atoms with Gasteiger partial charge in [0.2, 0.25) is 15.5 Å². The Hall–Kier alpha value is -1.18. The van der Waals surface area contributed by atoms with E-state index in [1.54, 1.807) is 0 Å². The summed E-state index contributed by atoms with van der Waals surface area (Å²) in [5.74, 6) is 0. The summed E-state index contributed by atoms with van der Waals surface area (Å²) in [4.78, 5) is 16.6. The molecule has 2 aliphatic heterocycles. The molecule has 0 amide bonds. The minimum Gasteiger partial charge on any atom is -0.366 e. The lowest BCUT2D eigenvalue weighted by Gasteiger charge is -2.24. The highest BCUT2D eigenvalue weighted by molar-refractivity contribution is 7.89. The van der Waals surface area contributed by atoms with Crippen LogP contribution in [0.4, 0.5) is 0 Å². The predicted octanol–water partition coefficient (Wildman–Crippen LogP) is 0.232. The number of hydrogen-bond donors (Lipinski definition) is 1. The SMILES string of the molecule is CN1C2CCC1CN(S(=O)(=O)c1c[nH]ccc1=O)CC2. The summed E-state index contributed by atoms with van der Waals surface area (Å²) in [6.07, 6.45) is 5.72. The number of pyridine rings is 1. The zero-order chi connectivity index (χ0) is 14.3. The van der Waals surface area contributed by atoms with E-state index < -0.39 is 15.5 Å². The maximum atomic E-state index is 12.6. The van der Waals surface area contributed by atoms with E-state index in [9.17, 15) is 13.2 Å². The molecule has 20 heavy (non-hydrogen) atoms. The standard InChI is InChI=1S/C13H19N3O3S/c1-15-10-2-3-11(15)9-16(7-5-10)20(18,19)13-8-14-6-4-12(13)17/h4,6,8,10-11H,2-3,5,7,9H2,1H3,(H,14,17). The summed E-state index contributed by atoms with van der Waals surface area (Å²) in [5, 5.41) is 0. The van der Waals surface area contributed by atoms with Crippen LogP contribution in [0.2, 0.25) is 0 Å². The maximum absolute atomic E-state index is 12.6. The van der Waals surface area contributed by atoms with Gasteiger partial charge in [0, 0.05) is 43.6 Å². The Morgan fingerprint density at radius 1 is 1.25 bits per heavy atom.